The molecule has 0 spiro atoms. The predicted octanol–water partition coefficient (Wildman–Crippen LogP) is 0.961. The quantitative estimate of drug-likeness (QED) is 0.798. The van der Waals surface area contributed by atoms with Crippen LogP contribution in [0.1, 0.15) is 20.8 Å². The van der Waals surface area contributed by atoms with Crippen LogP contribution in [0.2, 0.25) is 0 Å². The predicted molar refractivity (Wildman–Crippen MR) is 61.1 cm³/mol. The Hall–Kier alpha value is -2.90. The van der Waals surface area contributed by atoms with Crippen LogP contribution in [0.5, 0.6) is 0 Å². The van der Waals surface area contributed by atoms with Gasteiger partial charge in [-0.15, -0.1) is 0 Å². The van der Waals surface area contributed by atoms with Crippen LogP contribution in [0.4, 0.5) is 10.2 Å². The molecular weight excluding hydrogens is 255 g/mol. The molecule has 0 radical (unpaired) electrons. The minimum Gasteiger partial charge on any atom is -0.476 e. The van der Waals surface area contributed by atoms with Crippen molar-refractivity contribution in [2.24, 2.45) is 0 Å². The molecule has 2 aromatic heterocycles. The number of carbonyl (C=O) groups excluding carboxylic acids is 1. The summed E-state index contributed by atoms with van der Waals surface area (Å²) >= 11 is 0. The fourth-order valence-electron chi connectivity index (χ4n) is 1.28. The third-order valence-electron chi connectivity index (χ3n) is 2.12. The van der Waals surface area contributed by atoms with E-state index in [1.165, 1.54) is 18.5 Å². The van der Waals surface area contributed by atoms with Gasteiger partial charge in [0, 0.05) is 18.6 Å². The van der Waals surface area contributed by atoms with E-state index < -0.39 is 17.8 Å². The summed E-state index contributed by atoms with van der Waals surface area (Å²) in [4.78, 5) is 33.3. The molecule has 19 heavy (non-hydrogen) atoms. The number of amides is 1. The normalized spacial score (nSPS) is 9.95. The molecular formula is C11H7FN4O3. The average molecular weight is 262 g/mol. The first-order chi connectivity index (χ1) is 9.08. The summed E-state index contributed by atoms with van der Waals surface area (Å²) in [6.07, 6.45) is 3.46. The van der Waals surface area contributed by atoms with Gasteiger partial charge in [0.1, 0.15) is 0 Å². The number of carboxylic acids is 1. The van der Waals surface area contributed by atoms with E-state index in [2.05, 4.69) is 20.3 Å². The summed E-state index contributed by atoms with van der Waals surface area (Å²) < 4.78 is 12.6. The van der Waals surface area contributed by atoms with Crippen molar-refractivity contribution in [3.8, 4) is 0 Å². The third kappa shape index (κ3) is 2.86. The fraction of sp³-hybridized carbons (Fsp3) is 0. The minimum atomic E-state index is -1.32. The molecule has 0 fully saturated rings. The Morgan fingerprint density at radius 2 is 1.89 bits per heavy atom. The van der Waals surface area contributed by atoms with E-state index in [9.17, 15) is 14.0 Å². The summed E-state index contributed by atoms with van der Waals surface area (Å²) in [5.74, 6) is -2.89. The molecule has 0 aliphatic rings. The first-order valence-corrected chi connectivity index (χ1v) is 5.05. The highest BCUT2D eigenvalue weighted by Gasteiger charge is 2.16. The Kier molecular flexibility index (Phi) is 3.42. The van der Waals surface area contributed by atoms with Crippen LogP contribution < -0.4 is 5.32 Å². The molecule has 7 nitrogen and oxygen atoms in total. The summed E-state index contributed by atoms with van der Waals surface area (Å²) in [6.45, 7) is 0. The summed E-state index contributed by atoms with van der Waals surface area (Å²) in [5, 5.41) is 11.1. The SMILES string of the molecule is O=C(Nc1nccnc1C(=O)O)c1ccc(F)nc1. The van der Waals surface area contributed by atoms with Gasteiger partial charge in [-0.3, -0.25) is 4.79 Å². The Balaban J connectivity index is 2.24. The van der Waals surface area contributed by atoms with E-state index >= 15 is 0 Å². The molecule has 0 aliphatic heterocycles. The number of nitrogens with zero attached hydrogens (tertiary/aromatic N) is 3. The number of aromatic carboxylic acids is 1. The first-order valence-electron chi connectivity index (χ1n) is 5.05. The van der Waals surface area contributed by atoms with E-state index in [0.717, 1.165) is 12.3 Å². The van der Waals surface area contributed by atoms with Gasteiger partial charge in [0.25, 0.3) is 5.91 Å². The van der Waals surface area contributed by atoms with E-state index in [-0.39, 0.29) is 17.1 Å². The van der Waals surface area contributed by atoms with Gasteiger partial charge < -0.3 is 10.4 Å². The van der Waals surface area contributed by atoms with Crippen molar-refractivity contribution in [2.45, 2.75) is 0 Å². The second-order valence-electron chi connectivity index (χ2n) is 3.38. The Labute approximate surface area is 106 Å². The number of pyridine rings is 1. The molecule has 2 aromatic rings. The molecule has 0 bridgehead atoms. The van der Waals surface area contributed by atoms with Crippen molar-refractivity contribution in [3.63, 3.8) is 0 Å². The summed E-state index contributed by atoms with van der Waals surface area (Å²) in [6, 6.07) is 2.23. The molecule has 2 rings (SSSR count). The van der Waals surface area contributed by atoms with Crippen LogP contribution >= 0.6 is 0 Å². The number of rotatable bonds is 3. The highest BCUT2D eigenvalue weighted by molar-refractivity contribution is 6.06. The van der Waals surface area contributed by atoms with Crippen LogP contribution in [0.3, 0.4) is 0 Å². The zero-order valence-corrected chi connectivity index (χ0v) is 9.37. The van der Waals surface area contributed by atoms with Crippen LogP contribution in [0, 0.1) is 5.95 Å². The molecule has 0 saturated carbocycles. The highest BCUT2D eigenvalue weighted by Crippen LogP contribution is 2.10. The van der Waals surface area contributed by atoms with Crippen LogP contribution in [0.25, 0.3) is 0 Å². The number of anilines is 1. The average Bonchev–Trinajstić information content (AvgIpc) is 2.39. The second kappa shape index (κ2) is 5.17. The van der Waals surface area contributed by atoms with Crippen molar-refractivity contribution in [3.05, 3.63) is 47.9 Å². The number of carbonyl (C=O) groups is 2. The Bertz CT molecular complexity index is 630. The first kappa shape index (κ1) is 12.6. The molecule has 0 aliphatic carbocycles. The van der Waals surface area contributed by atoms with Crippen LogP contribution in [-0.2, 0) is 0 Å². The number of hydrogen-bond acceptors (Lipinski definition) is 5. The van der Waals surface area contributed by atoms with Crippen molar-refractivity contribution in [1.82, 2.24) is 15.0 Å². The zero-order chi connectivity index (χ0) is 13.8. The lowest BCUT2D eigenvalue weighted by atomic mass is 10.2. The molecule has 0 unspecified atom stereocenters. The topological polar surface area (TPSA) is 105 Å². The Morgan fingerprint density at radius 1 is 1.16 bits per heavy atom. The van der Waals surface area contributed by atoms with Gasteiger partial charge in [0.2, 0.25) is 5.95 Å². The molecule has 0 aromatic carbocycles. The summed E-state index contributed by atoms with van der Waals surface area (Å²) in [7, 11) is 0. The number of halogens is 1. The van der Waals surface area contributed by atoms with Gasteiger partial charge >= 0.3 is 5.97 Å². The molecule has 0 saturated heterocycles. The standard InChI is InChI=1S/C11H7FN4O3/c12-7-2-1-6(5-15-7)10(17)16-9-8(11(18)19)13-3-4-14-9/h1-5H,(H,18,19)(H,14,16,17). The number of hydrogen-bond donors (Lipinski definition) is 2. The van der Waals surface area contributed by atoms with Crippen molar-refractivity contribution in [1.29, 1.82) is 0 Å². The van der Waals surface area contributed by atoms with Gasteiger partial charge in [-0.1, -0.05) is 0 Å². The number of nitrogens with one attached hydrogen (secondary N) is 1. The number of carboxylic acid groups (broad SMARTS) is 1. The van der Waals surface area contributed by atoms with Gasteiger partial charge in [-0.2, -0.15) is 4.39 Å². The Morgan fingerprint density at radius 3 is 2.53 bits per heavy atom. The maximum Gasteiger partial charge on any atom is 0.358 e. The van der Waals surface area contributed by atoms with Gasteiger partial charge in [0.05, 0.1) is 5.56 Å². The fourth-order valence-corrected chi connectivity index (χ4v) is 1.28. The molecule has 2 heterocycles. The maximum absolute atomic E-state index is 12.6. The molecule has 1 amide bonds. The number of aromatic nitrogens is 3. The smallest absolute Gasteiger partial charge is 0.358 e. The largest absolute Gasteiger partial charge is 0.476 e. The van der Waals surface area contributed by atoms with Gasteiger partial charge in [-0.25, -0.2) is 19.7 Å². The van der Waals surface area contributed by atoms with Crippen molar-refractivity contribution < 1.29 is 19.1 Å². The van der Waals surface area contributed by atoms with Crippen molar-refractivity contribution in [2.75, 3.05) is 5.32 Å². The zero-order valence-electron chi connectivity index (χ0n) is 9.37. The van der Waals surface area contributed by atoms with E-state index in [0.29, 0.717) is 0 Å². The van der Waals surface area contributed by atoms with E-state index in [1.54, 1.807) is 0 Å². The second-order valence-corrected chi connectivity index (χ2v) is 3.38. The lowest BCUT2D eigenvalue weighted by Crippen LogP contribution is -2.17. The summed E-state index contributed by atoms with van der Waals surface area (Å²) in [5.41, 5.74) is -0.311. The van der Waals surface area contributed by atoms with Crippen molar-refractivity contribution >= 4 is 17.7 Å². The maximum atomic E-state index is 12.6. The molecule has 0 atom stereocenters. The monoisotopic (exact) mass is 262 g/mol. The highest BCUT2D eigenvalue weighted by atomic mass is 19.1. The molecule has 96 valence electrons. The van der Waals surface area contributed by atoms with Gasteiger partial charge in [0.15, 0.2) is 11.5 Å². The van der Waals surface area contributed by atoms with E-state index in [4.69, 9.17) is 5.11 Å². The minimum absolute atomic E-state index is 0.0726. The van der Waals surface area contributed by atoms with Crippen LogP contribution in [-0.4, -0.2) is 31.9 Å². The lowest BCUT2D eigenvalue weighted by Gasteiger charge is -2.05. The molecule has 2 N–H and O–H groups in total. The van der Waals surface area contributed by atoms with Gasteiger partial charge in [-0.05, 0) is 12.1 Å². The van der Waals surface area contributed by atoms with Crippen LogP contribution in [0.15, 0.2) is 30.7 Å². The third-order valence-corrected chi connectivity index (χ3v) is 2.12. The lowest BCUT2D eigenvalue weighted by molar-refractivity contribution is 0.0691. The molecule has 8 heteroatoms. The van der Waals surface area contributed by atoms with E-state index in [1.807, 2.05) is 0 Å².